The minimum Gasteiger partial charge on any atom is -0.462 e. The average Bonchev–Trinajstić information content (AvgIpc) is 2.80. The summed E-state index contributed by atoms with van der Waals surface area (Å²) in [4.78, 5) is 40.3. The lowest BCUT2D eigenvalue weighted by atomic mass is 9.94. The van der Waals surface area contributed by atoms with Crippen LogP contribution in [0.15, 0.2) is 53.7 Å². The number of halogens is 2. The molecule has 2 N–H and O–H groups in total. The van der Waals surface area contributed by atoms with Crippen LogP contribution >= 0.6 is 23.2 Å². The molecule has 0 fully saturated rings. The molecule has 3 amide bonds. The number of benzene rings is 2. The summed E-state index contributed by atoms with van der Waals surface area (Å²) < 4.78 is 5.53. The van der Waals surface area contributed by atoms with E-state index in [2.05, 4.69) is 10.6 Å². The van der Waals surface area contributed by atoms with Crippen LogP contribution in [0.4, 0.5) is 10.5 Å². The number of urea groups is 1. The quantitative estimate of drug-likeness (QED) is 0.408. The van der Waals surface area contributed by atoms with Crippen LogP contribution in [-0.2, 0) is 9.53 Å². The van der Waals surface area contributed by atoms with Crippen molar-refractivity contribution in [3.05, 3.63) is 74.9 Å². The van der Waals surface area contributed by atoms with Gasteiger partial charge in [-0.1, -0.05) is 56.1 Å². The molecule has 0 bridgehead atoms. The van der Waals surface area contributed by atoms with Gasteiger partial charge in [-0.2, -0.15) is 0 Å². The van der Waals surface area contributed by atoms with Gasteiger partial charge in [0.2, 0.25) is 0 Å². The monoisotopic (exact) mass is 517 g/mol. The number of nitrogens with one attached hydrogen (secondary N) is 2. The highest BCUT2D eigenvalue weighted by molar-refractivity contribution is 6.37. The van der Waals surface area contributed by atoms with Gasteiger partial charge < -0.3 is 15.4 Å². The Bertz CT molecular complexity index is 1160. The smallest absolute Gasteiger partial charge is 0.338 e. The summed E-state index contributed by atoms with van der Waals surface area (Å²) in [6, 6.07) is 10.6. The van der Waals surface area contributed by atoms with Crippen molar-refractivity contribution in [2.75, 3.05) is 18.5 Å². The van der Waals surface area contributed by atoms with Crippen molar-refractivity contribution in [3.8, 4) is 0 Å². The number of rotatable bonds is 8. The summed E-state index contributed by atoms with van der Waals surface area (Å²) in [6.45, 7) is 8.36. The molecule has 0 spiro atoms. The van der Waals surface area contributed by atoms with Crippen molar-refractivity contribution in [1.82, 2.24) is 10.2 Å². The van der Waals surface area contributed by atoms with Gasteiger partial charge in [0.25, 0.3) is 5.91 Å². The largest absolute Gasteiger partial charge is 0.462 e. The van der Waals surface area contributed by atoms with Crippen molar-refractivity contribution >= 4 is 46.8 Å². The van der Waals surface area contributed by atoms with E-state index in [4.69, 9.17) is 27.9 Å². The Labute approximate surface area is 215 Å². The summed E-state index contributed by atoms with van der Waals surface area (Å²) in [6.07, 6.45) is 0.735. The van der Waals surface area contributed by atoms with E-state index < -0.39 is 17.9 Å². The lowest BCUT2D eigenvalue weighted by molar-refractivity contribution is -0.140. The molecule has 0 saturated heterocycles. The normalized spacial score (nSPS) is 15.8. The number of carbonyl (C=O) groups excluding carboxylic acids is 3. The number of anilines is 1. The van der Waals surface area contributed by atoms with Crippen LogP contribution in [0.2, 0.25) is 10.0 Å². The fraction of sp³-hybridized carbons (Fsp3) is 0.346. The van der Waals surface area contributed by atoms with Gasteiger partial charge in [0.15, 0.2) is 0 Å². The molecule has 186 valence electrons. The predicted molar refractivity (Wildman–Crippen MR) is 138 cm³/mol. The van der Waals surface area contributed by atoms with Gasteiger partial charge in [-0.3, -0.25) is 9.69 Å². The number of nitrogens with zero attached hydrogens (tertiary/aromatic N) is 1. The topological polar surface area (TPSA) is 87.7 Å². The third-order valence-electron chi connectivity index (χ3n) is 5.46. The van der Waals surface area contributed by atoms with E-state index >= 15 is 0 Å². The first-order chi connectivity index (χ1) is 16.6. The van der Waals surface area contributed by atoms with E-state index in [-0.39, 0.29) is 29.1 Å². The number of amides is 3. The van der Waals surface area contributed by atoms with Crippen molar-refractivity contribution in [2.24, 2.45) is 5.92 Å². The molecule has 9 heteroatoms. The van der Waals surface area contributed by atoms with Gasteiger partial charge >= 0.3 is 12.0 Å². The molecule has 7 nitrogen and oxygen atoms in total. The number of carbonyl (C=O) groups is 3. The number of ether oxygens (including phenoxy) is 1. The Morgan fingerprint density at radius 2 is 1.91 bits per heavy atom. The van der Waals surface area contributed by atoms with Gasteiger partial charge in [0.1, 0.15) is 0 Å². The molecule has 35 heavy (non-hydrogen) atoms. The van der Waals surface area contributed by atoms with Crippen LogP contribution in [-0.4, -0.2) is 36.0 Å². The number of esters is 1. The Kier molecular flexibility index (Phi) is 8.81. The fourth-order valence-electron chi connectivity index (χ4n) is 3.78. The van der Waals surface area contributed by atoms with Crippen molar-refractivity contribution < 1.29 is 19.1 Å². The highest BCUT2D eigenvalue weighted by Crippen LogP contribution is 2.33. The predicted octanol–water partition coefficient (Wildman–Crippen LogP) is 6.20. The molecule has 1 unspecified atom stereocenters. The minimum atomic E-state index is -0.730. The van der Waals surface area contributed by atoms with Crippen LogP contribution in [0.1, 0.15) is 56.1 Å². The van der Waals surface area contributed by atoms with Gasteiger partial charge in [0.05, 0.1) is 28.8 Å². The van der Waals surface area contributed by atoms with Gasteiger partial charge in [-0.15, -0.1) is 0 Å². The molecule has 0 radical (unpaired) electrons. The second-order valence-corrected chi connectivity index (χ2v) is 9.57. The molecule has 2 aromatic rings. The van der Waals surface area contributed by atoms with E-state index in [0.717, 1.165) is 6.42 Å². The zero-order valence-corrected chi connectivity index (χ0v) is 21.7. The average molecular weight is 518 g/mol. The molecular weight excluding hydrogens is 489 g/mol. The third kappa shape index (κ3) is 6.35. The molecule has 1 aliphatic heterocycles. The van der Waals surface area contributed by atoms with E-state index in [1.165, 1.54) is 6.07 Å². The van der Waals surface area contributed by atoms with E-state index in [9.17, 15) is 14.4 Å². The Balaban J connectivity index is 1.94. The van der Waals surface area contributed by atoms with Crippen LogP contribution in [0.25, 0.3) is 0 Å². The molecule has 2 aromatic carbocycles. The summed E-state index contributed by atoms with van der Waals surface area (Å²) in [5.74, 6) is -0.722. The Hall–Kier alpha value is -3.03. The van der Waals surface area contributed by atoms with Crippen molar-refractivity contribution in [1.29, 1.82) is 0 Å². The highest BCUT2D eigenvalue weighted by atomic mass is 35.5. The second-order valence-electron chi connectivity index (χ2n) is 8.73. The van der Waals surface area contributed by atoms with Crippen LogP contribution in [0.5, 0.6) is 0 Å². The van der Waals surface area contributed by atoms with Crippen LogP contribution in [0, 0.1) is 5.92 Å². The SMILES string of the molecule is CCCN1C(=O)NC(c2cccc(NC(=O)c3ccc(Cl)cc3Cl)c2)C(C(=O)OCC(C)C)=C1C. The lowest BCUT2D eigenvalue weighted by Gasteiger charge is -2.35. The minimum absolute atomic E-state index is 0.168. The lowest BCUT2D eigenvalue weighted by Crippen LogP contribution is -2.48. The van der Waals surface area contributed by atoms with E-state index in [1.54, 1.807) is 48.2 Å². The zero-order valence-electron chi connectivity index (χ0n) is 20.2. The molecule has 1 heterocycles. The number of hydrogen-bond acceptors (Lipinski definition) is 4. The first-order valence-corrected chi connectivity index (χ1v) is 12.2. The number of hydrogen-bond donors (Lipinski definition) is 2. The standard InChI is InChI=1S/C26H29Cl2N3O4/c1-5-11-31-16(4)22(25(33)35-14-15(2)3)23(30-26(31)34)17-7-6-8-19(12-17)29-24(32)20-10-9-18(27)13-21(20)28/h6-10,12-13,15,23H,5,11,14H2,1-4H3,(H,29,32)(H,30,34). The summed E-state index contributed by atoms with van der Waals surface area (Å²) in [7, 11) is 0. The van der Waals surface area contributed by atoms with Crippen LogP contribution in [0.3, 0.4) is 0 Å². The van der Waals surface area contributed by atoms with E-state index in [1.807, 2.05) is 20.8 Å². The maximum Gasteiger partial charge on any atom is 0.338 e. The van der Waals surface area contributed by atoms with Crippen molar-refractivity contribution in [2.45, 2.75) is 40.2 Å². The fourth-order valence-corrected chi connectivity index (χ4v) is 4.27. The summed E-state index contributed by atoms with van der Waals surface area (Å²) >= 11 is 12.1. The summed E-state index contributed by atoms with van der Waals surface area (Å²) in [5, 5.41) is 6.40. The third-order valence-corrected chi connectivity index (χ3v) is 6.01. The van der Waals surface area contributed by atoms with Crippen LogP contribution < -0.4 is 10.6 Å². The maximum atomic E-state index is 13.1. The Morgan fingerprint density at radius 3 is 2.57 bits per heavy atom. The summed E-state index contributed by atoms with van der Waals surface area (Å²) in [5.41, 5.74) is 2.30. The zero-order chi connectivity index (χ0) is 25.7. The maximum absolute atomic E-state index is 13.1. The molecular formula is C26H29Cl2N3O4. The molecule has 1 aliphatic rings. The van der Waals surface area contributed by atoms with Crippen molar-refractivity contribution in [3.63, 3.8) is 0 Å². The molecule has 0 aromatic heterocycles. The first-order valence-electron chi connectivity index (χ1n) is 11.4. The van der Waals surface area contributed by atoms with E-state index in [0.29, 0.717) is 34.1 Å². The molecule has 0 aliphatic carbocycles. The van der Waals surface area contributed by atoms with Gasteiger partial charge in [0, 0.05) is 23.0 Å². The number of allylic oxidation sites excluding steroid dienone is 1. The molecule has 3 rings (SSSR count). The van der Waals surface area contributed by atoms with Gasteiger partial charge in [-0.25, -0.2) is 9.59 Å². The molecule has 0 saturated carbocycles. The van der Waals surface area contributed by atoms with Gasteiger partial charge in [-0.05, 0) is 55.2 Å². The second kappa shape index (κ2) is 11.6. The Morgan fingerprint density at radius 1 is 1.17 bits per heavy atom. The highest BCUT2D eigenvalue weighted by Gasteiger charge is 2.36. The molecule has 1 atom stereocenters. The first kappa shape index (κ1) is 26.6.